The van der Waals surface area contributed by atoms with Gasteiger partial charge in [0.05, 0.1) is 12.2 Å². The van der Waals surface area contributed by atoms with Crippen LogP contribution in [-0.4, -0.2) is 57.1 Å². The van der Waals surface area contributed by atoms with Crippen molar-refractivity contribution in [3.63, 3.8) is 0 Å². The zero-order valence-corrected chi connectivity index (χ0v) is 10.7. The highest BCUT2D eigenvalue weighted by atomic mass is 16.4. The Labute approximate surface area is 103 Å². The maximum absolute atomic E-state index is 9.84. The number of aliphatic hydroxyl groups is 5. The molecule has 0 aliphatic carbocycles. The Bertz CT molecular complexity index is 188. The molecule has 5 N–H and O–H groups in total. The first-order valence-electron chi connectivity index (χ1n) is 6.21. The first-order valence-corrected chi connectivity index (χ1v) is 6.21. The van der Waals surface area contributed by atoms with Crippen LogP contribution < -0.4 is 0 Å². The number of unbranched alkanes of at least 4 members (excludes halogenated alkanes) is 1. The van der Waals surface area contributed by atoms with E-state index in [0.29, 0.717) is 19.3 Å². The van der Waals surface area contributed by atoms with E-state index >= 15 is 0 Å². The summed E-state index contributed by atoms with van der Waals surface area (Å²) in [6.07, 6.45) is -1.74. The van der Waals surface area contributed by atoms with Gasteiger partial charge in [-0.2, -0.15) is 0 Å². The van der Waals surface area contributed by atoms with Crippen molar-refractivity contribution in [3.05, 3.63) is 0 Å². The minimum atomic E-state index is -1.21. The molecule has 5 nitrogen and oxygen atoms in total. The van der Waals surface area contributed by atoms with E-state index in [-0.39, 0.29) is 25.0 Å². The van der Waals surface area contributed by atoms with E-state index in [4.69, 9.17) is 10.2 Å². The predicted molar refractivity (Wildman–Crippen MR) is 64.4 cm³/mol. The molecule has 0 aromatic heterocycles. The highest BCUT2D eigenvalue weighted by Gasteiger charge is 2.31. The predicted octanol–water partition coefficient (Wildman–Crippen LogP) is -0.504. The molecule has 0 spiro atoms. The average molecular weight is 250 g/mol. The number of rotatable bonds is 9. The van der Waals surface area contributed by atoms with Gasteiger partial charge in [0.1, 0.15) is 6.10 Å². The van der Waals surface area contributed by atoms with Crippen LogP contribution in [0.2, 0.25) is 0 Å². The summed E-state index contributed by atoms with van der Waals surface area (Å²) in [5, 5.41) is 46.8. The third-order valence-electron chi connectivity index (χ3n) is 3.38. The summed E-state index contributed by atoms with van der Waals surface area (Å²) in [6.45, 7) is 3.50. The quantitative estimate of drug-likeness (QED) is 0.355. The number of hydrogen-bond acceptors (Lipinski definition) is 5. The summed E-state index contributed by atoms with van der Waals surface area (Å²) in [5.74, 6) is -0.424. The summed E-state index contributed by atoms with van der Waals surface area (Å²) in [5.41, 5.74) is 0. The zero-order chi connectivity index (χ0) is 13.4. The number of aliphatic hydroxyl groups excluding tert-OH is 5. The number of hydrogen-bond donors (Lipinski definition) is 5. The molecule has 0 aliphatic rings. The molecule has 0 aromatic carbocycles. The zero-order valence-electron chi connectivity index (χ0n) is 10.7. The molecule has 0 heterocycles. The van der Waals surface area contributed by atoms with Crippen LogP contribution >= 0.6 is 0 Å². The molecule has 0 saturated carbocycles. The van der Waals surface area contributed by atoms with Crippen molar-refractivity contribution in [1.82, 2.24) is 0 Å². The highest BCUT2D eigenvalue weighted by Crippen LogP contribution is 2.20. The molecule has 17 heavy (non-hydrogen) atoms. The van der Waals surface area contributed by atoms with Crippen molar-refractivity contribution in [1.29, 1.82) is 0 Å². The molecule has 104 valence electrons. The van der Waals surface area contributed by atoms with Gasteiger partial charge in [0, 0.05) is 13.2 Å². The third kappa shape index (κ3) is 5.79. The van der Waals surface area contributed by atoms with Crippen molar-refractivity contribution in [2.75, 3.05) is 13.2 Å². The molecule has 0 rings (SSSR count). The minimum Gasteiger partial charge on any atom is -0.396 e. The monoisotopic (exact) mass is 250 g/mol. The second-order valence-electron chi connectivity index (χ2n) is 4.79. The van der Waals surface area contributed by atoms with E-state index in [1.165, 1.54) is 0 Å². The molecule has 0 radical (unpaired) electrons. The van der Waals surface area contributed by atoms with Gasteiger partial charge >= 0.3 is 0 Å². The molecule has 0 aromatic rings. The van der Waals surface area contributed by atoms with E-state index in [9.17, 15) is 15.3 Å². The Morgan fingerprint density at radius 3 is 1.94 bits per heavy atom. The lowest BCUT2D eigenvalue weighted by Crippen LogP contribution is -2.43. The molecule has 0 amide bonds. The average Bonchev–Trinajstić information content (AvgIpc) is 2.35. The van der Waals surface area contributed by atoms with Crippen molar-refractivity contribution >= 4 is 0 Å². The van der Waals surface area contributed by atoms with Crippen LogP contribution in [0.3, 0.4) is 0 Å². The van der Waals surface area contributed by atoms with Gasteiger partial charge < -0.3 is 25.5 Å². The summed E-state index contributed by atoms with van der Waals surface area (Å²) in [4.78, 5) is 0. The minimum absolute atomic E-state index is 0.0588. The smallest absolute Gasteiger partial charge is 0.106 e. The summed E-state index contributed by atoms with van der Waals surface area (Å²) >= 11 is 0. The van der Waals surface area contributed by atoms with Crippen LogP contribution in [0.15, 0.2) is 0 Å². The Kier molecular flexibility index (Phi) is 8.72. The van der Waals surface area contributed by atoms with Crippen molar-refractivity contribution < 1.29 is 25.5 Å². The Balaban J connectivity index is 4.13. The van der Waals surface area contributed by atoms with E-state index in [2.05, 4.69) is 0 Å². The largest absolute Gasteiger partial charge is 0.396 e. The topological polar surface area (TPSA) is 101 Å². The van der Waals surface area contributed by atoms with Gasteiger partial charge in [-0.15, -0.1) is 0 Å². The van der Waals surface area contributed by atoms with Crippen LogP contribution in [0.25, 0.3) is 0 Å². The molecule has 0 fully saturated rings. The normalized spacial score (nSPS) is 20.6. The third-order valence-corrected chi connectivity index (χ3v) is 3.38. The Morgan fingerprint density at radius 1 is 0.882 bits per heavy atom. The maximum Gasteiger partial charge on any atom is 0.106 e. The molecule has 5 atom stereocenters. The molecular formula is C12H26O5. The van der Waals surface area contributed by atoms with Gasteiger partial charge in [-0.25, -0.2) is 0 Å². The van der Waals surface area contributed by atoms with Gasteiger partial charge in [0.2, 0.25) is 0 Å². The van der Waals surface area contributed by atoms with Crippen molar-refractivity contribution in [2.24, 2.45) is 11.8 Å². The first kappa shape index (κ1) is 16.8. The summed E-state index contributed by atoms with van der Waals surface area (Å²) in [7, 11) is 0. The van der Waals surface area contributed by atoms with Crippen molar-refractivity contribution in [3.8, 4) is 0 Å². The van der Waals surface area contributed by atoms with Crippen LogP contribution in [0, 0.1) is 11.8 Å². The molecule has 0 aliphatic heterocycles. The SMILES string of the molecule is CC(CO)C(C)C(O)C(O)C(O)CCCCO. The lowest BCUT2D eigenvalue weighted by atomic mass is 9.86. The molecule has 0 bridgehead atoms. The van der Waals surface area contributed by atoms with E-state index in [1.807, 2.05) is 0 Å². The summed E-state index contributed by atoms with van der Waals surface area (Å²) < 4.78 is 0. The molecule has 0 saturated heterocycles. The Hall–Kier alpha value is -0.200. The van der Waals surface area contributed by atoms with Crippen LogP contribution in [0.4, 0.5) is 0 Å². The lowest BCUT2D eigenvalue weighted by Gasteiger charge is -2.30. The fourth-order valence-corrected chi connectivity index (χ4v) is 1.68. The second kappa shape index (κ2) is 8.83. The molecule has 5 heteroatoms. The second-order valence-corrected chi connectivity index (χ2v) is 4.79. The molecular weight excluding hydrogens is 224 g/mol. The van der Waals surface area contributed by atoms with Gasteiger partial charge in [0.15, 0.2) is 0 Å². The van der Waals surface area contributed by atoms with E-state index < -0.39 is 18.3 Å². The standard InChI is InChI=1S/C12H26O5/c1-8(7-14)9(2)11(16)12(17)10(15)5-3-4-6-13/h8-17H,3-7H2,1-2H3. The van der Waals surface area contributed by atoms with Crippen LogP contribution in [0.5, 0.6) is 0 Å². The van der Waals surface area contributed by atoms with Gasteiger partial charge in [0.25, 0.3) is 0 Å². The van der Waals surface area contributed by atoms with Gasteiger partial charge in [-0.3, -0.25) is 0 Å². The fourth-order valence-electron chi connectivity index (χ4n) is 1.68. The lowest BCUT2D eigenvalue weighted by molar-refractivity contribution is -0.0913. The van der Waals surface area contributed by atoms with E-state index in [0.717, 1.165) is 0 Å². The van der Waals surface area contributed by atoms with E-state index in [1.54, 1.807) is 13.8 Å². The highest BCUT2D eigenvalue weighted by molar-refractivity contribution is 4.81. The van der Waals surface area contributed by atoms with Gasteiger partial charge in [-0.1, -0.05) is 13.8 Å². The fraction of sp³-hybridized carbons (Fsp3) is 1.00. The van der Waals surface area contributed by atoms with Crippen LogP contribution in [-0.2, 0) is 0 Å². The summed E-state index contributed by atoms with van der Waals surface area (Å²) in [6, 6.07) is 0. The van der Waals surface area contributed by atoms with Crippen molar-refractivity contribution in [2.45, 2.75) is 51.4 Å². The van der Waals surface area contributed by atoms with Crippen LogP contribution in [0.1, 0.15) is 33.1 Å². The first-order chi connectivity index (χ1) is 7.95. The van der Waals surface area contributed by atoms with Gasteiger partial charge in [-0.05, 0) is 31.1 Å². The Morgan fingerprint density at radius 2 is 1.47 bits per heavy atom. The molecule has 5 unspecified atom stereocenters. The maximum atomic E-state index is 9.84.